The van der Waals surface area contributed by atoms with Crippen molar-refractivity contribution in [3.63, 3.8) is 0 Å². The van der Waals surface area contributed by atoms with Crippen molar-refractivity contribution in [2.75, 3.05) is 0 Å². The molecule has 17 heavy (non-hydrogen) atoms. The van der Waals surface area contributed by atoms with Crippen LogP contribution in [-0.2, 0) is 16.7 Å². The molecule has 0 bridgehead atoms. The number of hydrogen-bond acceptors (Lipinski definition) is 4. The maximum absolute atomic E-state index is 12.1. The number of benzene rings is 1. The van der Waals surface area contributed by atoms with E-state index < -0.39 is 28.0 Å². The standard InChI is InChI=1S/C8H6F3IO4S/c9-8(10,11)17(14,15)16-7-2-1-6(12)3-5(7)4-13/h1-3,13H,4H2. The summed E-state index contributed by atoms with van der Waals surface area (Å²) in [5.74, 6) is -0.537. The van der Waals surface area contributed by atoms with Crippen LogP contribution in [0.4, 0.5) is 13.2 Å². The van der Waals surface area contributed by atoms with Crippen molar-refractivity contribution in [3.05, 3.63) is 27.3 Å². The molecule has 96 valence electrons. The van der Waals surface area contributed by atoms with Crippen LogP contribution in [0.3, 0.4) is 0 Å². The third-order valence-corrected chi connectivity index (χ3v) is 3.31. The van der Waals surface area contributed by atoms with E-state index in [0.29, 0.717) is 3.57 Å². The van der Waals surface area contributed by atoms with Crippen LogP contribution in [0.25, 0.3) is 0 Å². The van der Waals surface area contributed by atoms with Crippen molar-refractivity contribution >= 4 is 32.7 Å². The van der Waals surface area contributed by atoms with Gasteiger partial charge in [-0.3, -0.25) is 0 Å². The number of aliphatic hydroxyl groups excluding tert-OH is 1. The molecule has 0 heterocycles. The third-order valence-electron chi connectivity index (χ3n) is 1.68. The second-order valence-corrected chi connectivity index (χ2v) is 5.68. The van der Waals surface area contributed by atoms with Crippen LogP contribution < -0.4 is 4.18 Å². The monoisotopic (exact) mass is 382 g/mol. The fraction of sp³-hybridized carbons (Fsp3) is 0.250. The van der Waals surface area contributed by atoms with Gasteiger partial charge in [0.2, 0.25) is 0 Å². The van der Waals surface area contributed by atoms with Crippen LogP contribution in [-0.4, -0.2) is 19.0 Å². The smallest absolute Gasteiger partial charge is 0.392 e. The van der Waals surface area contributed by atoms with E-state index in [0.717, 1.165) is 6.07 Å². The number of hydrogen-bond donors (Lipinski definition) is 1. The van der Waals surface area contributed by atoms with E-state index in [4.69, 9.17) is 5.11 Å². The quantitative estimate of drug-likeness (QED) is 0.494. The van der Waals surface area contributed by atoms with E-state index >= 15 is 0 Å². The minimum absolute atomic E-state index is 0.0373. The van der Waals surface area contributed by atoms with Gasteiger partial charge in [0.05, 0.1) is 6.61 Å². The topological polar surface area (TPSA) is 63.6 Å². The highest BCUT2D eigenvalue weighted by Gasteiger charge is 2.48. The van der Waals surface area contributed by atoms with Crippen molar-refractivity contribution in [2.45, 2.75) is 12.1 Å². The van der Waals surface area contributed by atoms with Gasteiger partial charge in [0, 0.05) is 9.13 Å². The first-order valence-corrected chi connectivity index (χ1v) is 6.56. The summed E-state index contributed by atoms with van der Waals surface area (Å²) in [5.41, 5.74) is -5.53. The molecular formula is C8H6F3IO4S. The molecular weight excluding hydrogens is 376 g/mol. The van der Waals surface area contributed by atoms with Crippen molar-refractivity contribution < 1.29 is 30.9 Å². The summed E-state index contributed by atoms with van der Waals surface area (Å²) in [7, 11) is -5.71. The molecule has 0 aromatic heterocycles. The van der Waals surface area contributed by atoms with Gasteiger partial charge in [-0.15, -0.1) is 0 Å². The first kappa shape index (κ1) is 14.5. The molecule has 0 unspecified atom stereocenters. The molecule has 0 fully saturated rings. The average Bonchev–Trinajstić information content (AvgIpc) is 2.18. The van der Waals surface area contributed by atoms with Crippen molar-refractivity contribution in [2.24, 2.45) is 0 Å². The van der Waals surface area contributed by atoms with E-state index in [1.54, 1.807) is 0 Å². The summed E-state index contributed by atoms with van der Waals surface area (Å²) in [6.07, 6.45) is 0. The molecule has 0 radical (unpaired) electrons. The summed E-state index contributed by atoms with van der Waals surface area (Å²) in [4.78, 5) is 0. The fourth-order valence-electron chi connectivity index (χ4n) is 0.918. The van der Waals surface area contributed by atoms with Gasteiger partial charge in [-0.2, -0.15) is 21.6 Å². The Morgan fingerprint density at radius 2 is 1.94 bits per heavy atom. The largest absolute Gasteiger partial charge is 0.534 e. The number of alkyl halides is 3. The molecule has 1 aromatic rings. The van der Waals surface area contributed by atoms with Gasteiger partial charge in [-0.25, -0.2) is 0 Å². The van der Waals surface area contributed by atoms with Gasteiger partial charge in [0.1, 0.15) is 5.75 Å². The Morgan fingerprint density at radius 1 is 1.35 bits per heavy atom. The van der Waals surface area contributed by atoms with Crippen molar-refractivity contribution in [3.8, 4) is 5.75 Å². The highest BCUT2D eigenvalue weighted by molar-refractivity contribution is 14.1. The Balaban J connectivity index is 3.13. The third kappa shape index (κ3) is 3.45. The summed E-state index contributed by atoms with van der Waals surface area (Å²) in [5, 5.41) is 8.88. The van der Waals surface area contributed by atoms with Crippen molar-refractivity contribution in [1.82, 2.24) is 0 Å². The van der Waals surface area contributed by atoms with Gasteiger partial charge in [0.15, 0.2) is 0 Å². The molecule has 0 saturated heterocycles. The lowest BCUT2D eigenvalue weighted by Gasteiger charge is -2.12. The molecule has 9 heteroatoms. The predicted molar refractivity (Wildman–Crippen MR) is 60.7 cm³/mol. The Bertz CT molecular complexity index is 512. The SMILES string of the molecule is O=S(=O)(Oc1ccc(I)cc1CO)C(F)(F)F. The lowest BCUT2D eigenvalue weighted by Crippen LogP contribution is -2.28. The molecule has 0 aliphatic carbocycles. The molecule has 0 saturated carbocycles. The summed E-state index contributed by atoms with van der Waals surface area (Å²) >= 11 is 1.86. The highest BCUT2D eigenvalue weighted by Crippen LogP contribution is 2.29. The second-order valence-electron chi connectivity index (χ2n) is 2.89. The molecule has 0 amide bonds. The number of rotatable bonds is 3. The van der Waals surface area contributed by atoms with Gasteiger partial charge in [-0.05, 0) is 40.8 Å². The molecule has 1 N–H and O–H groups in total. The highest BCUT2D eigenvalue weighted by atomic mass is 127. The van der Waals surface area contributed by atoms with Crippen LogP contribution >= 0.6 is 22.6 Å². The zero-order chi connectivity index (χ0) is 13.3. The first-order valence-electron chi connectivity index (χ1n) is 4.07. The maximum Gasteiger partial charge on any atom is 0.534 e. The van der Waals surface area contributed by atoms with E-state index in [9.17, 15) is 21.6 Å². The predicted octanol–water partition coefficient (Wildman–Crippen LogP) is 2.01. The van der Waals surface area contributed by atoms with Crippen LogP contribution in [0.1, 0.15) is 5.56 Å². The minimum atomic E-state index is -5.71. The Labute approximate surface area is 109 Å². The van der Waals surface area contributed by atoms with Crippen molar-refractivity contribution in [1.29, 1.82) is 0 Å². The normalized spacial score (nSPS) is 12.5. The number of halogens is 4. The Kier molecular flexibility index (Phi) is 4.25. The molecule has 0 spiro atoms. The maximum atomic E-state index is 12.1. The Hall–Kier alpha value is -0.550. The van der Waals surface area contributed by atoms with Gasteiger partial charge >= 0.3 is 15.6 Å². The van der Waals surface area contributed by atoms with Crippen LogP contribution in [0.5, 0.6) is 5.75 Å². The van der Waals surface area contributed by atoms with Gasteiger partial charge < -0.3 is 9.29 Å². The van der Waals surface area contributed by atoms with E-state index in [1.165, 1.54) is 12.1 Å². The lowest BCUT2D eigenvalue weighted by molar-refractivity contribution is -0.0500. The summed E-state index contributed by atoms with van der Waals surface area (Å²) < 4.78 is 62.2. The average molecular weight is 382 g/mol. The fourth-order valence-corrected chi connectivity index (χ4v) is 1.97. The zero-order valence-corrected chi connectivity index (χ0v) is 11.0. The van der Waals surface area contributed by atoms with Crippen LogP contribution in [0.2, 0.25) is 0 Å². The summed E-state index contributed by atoms with van der Waals surface area (Å²) in [6, 6.07) is 3.74. The molecule has 4 nitrogen and oxygen atoms in total. The van der Waals surface area contributed by atoms with Gasteiger partial charge in [0.25, 0.3) is 0 Å². The lowest BCUT2D eigenvalue weighted by atomic mass is 10.2. The van der Waals surface area contributed by atoms with Gasteiger partial charge in [-0.1, -0.05) is 0 Å². The summed E-state index contributed by atoms with van der Waals surface area (Å²) in [6.45, 7) is -0.625. The van der Waals surface area contributed by atoms with E-state index in [-0.39, 0.29) is 5.56 Å². The zero-order valence-electron chi connectivity index (χ0n) is 8.03. The first-order chi connectivity index (χ1) is 7.67. The molecule has 1 rings (SSSR count). The molecule has 0 aliphatic rings. The van der Waals surface area contributed by atoms with Crippen LogP contribution in [0.15, 0.2) is 18.2 Å². The molecule has 0 atom stereocenters. The molecule has 0 aliphatic heterocycles. The van der Waals surface area contributed by atoms with E-state index in [2.05, 4.69) is 4.18 Å². The minimum Gasteiger partial charge on any atom is -0.392 e. The second kappa shape index (κ2) is 4.98. The van der Waals surface area contributed by atoms with E-state index in [1.807, 2.05) is 22.6 Å². The number of aliphatic hydroxyl groups is 1. The molecule has 1 aromatic carbocycles. The van der Waals surface area contributed by atoms with Crippen LogP contribution in [0, 0.1) is 3.57 Å². The Morgan fingerprint density at radius 3 is 2.41 bits per heavy atom.